The molecule has 0 saturated heterocycles. The van der Waals surface area contributed by atoms with Gasteiger partial charge < -0.3 is 5.32 Å². The Morgan fingerprint density at radius 3 is 2.70 bits per heavy atom. The predicted molar refractivity (Wildman–Crippen MR) is 100 cm³/mol. The Morgan fingerprint density at radius 1 is 1.19 bits per heavy atom. The van der Waals surface area contributed by atoms with Crippen LogP contribution in [0.5, 0.6) is 0 Å². The lowest BCUT2D eigenvalue weighted by Gasteiger charge is -2.00. The summed E-state index contributed by atoms with van der Waals surface area (Å²) >= 11 is 1.40. The number of thiazole rings is 1. The fraction of sp³-hybridized carbons (Fsp3) is 0.0588. The maximum absolute atomic E-state index is 12.2. The molecule has 0 aliphatic rings. The third-order valence-corrected chi connectivity index (χ3v) is 4.71. The maximum Gasteiger partial charge on any atom is 0.269 e. The van der Waals surface area contributed by atoms with E-state index in [0.29, 0.717) is 16.4 Å². The second kappa shape index (κ2) is 6.92. The molecular weight excluding hydrogens is 368 g/mol. The standard InChI is InChI=1S/C17H12N6O3S/c24-16(19-17-18-13-3-1-2-4-15(13)27-17)10-22-9-14(20-21-22)11-5-7-12(8-6-11)23(25)26/h1-9H,10H2,(H,18,19,24). The molecule has 2 aromatic carbocycles. The monoisotopic (exact) mass is 380 g/mol. The van der Waals surface area contributed by atoms with Gasteiger partial charge in [0.15, 0.2) is 5.13 Å². The van der Waals surface area contributed by atoms with Crippen molar-refractivity contribution in [1.82, 2.24) is 20.0 Å². The molecular formula is C17H12N6O3S. The predicted octanol–water partition coefficient (Wildman–Crippen LogP) is 3.10. The number of amides is 1. The van der Waals surface area contributed by atoms with Gasteiger partial charge in [-0.1, -0.05) is 28.7 Å². The van der Waals surface area contributed by atoms with Crippen LogP contribution in [0.3, 0.4) is 0 Å². The van der Waals surface area contributed by atoms with Crippen molar-refractivity contribution in [2.75, 3.05) is 5.32 Å². The minimum absolute atomic E-state index is 0.00125. The molecule has 0 aliphatic heterocycles. The summed E-state index contributed by atoms with van der Waals surface area (Å²) < 4.78 is 2.40. The van der Waals surface area contributed by atoms with Crippen LogP contribution in [0.2, 0.25) is 0 Å². The zero-order valence-electron chi connectivity index (χ0n) is 13.8. The van der Waals surface area contributed by atoms with Crippen molar-refractivity contribution in [2.24, 2.45) is 0 Å². The highest BCUT2D eigenvalue weighted by atomic mass is 32.1. The lowest BCUT2D eigenvalue weighted by Crippen LogP contribution is -2.19. The van der Waals surface area contributed by atoms with Gasteiger partial charge in [-0.2, -0.15) is 0 Å². The number of aromatic nitrogens is 4. The molecule has 1 amide bonds. The molecule has 0 aliphatic carbocycles. The highest BCUT2D eigenvalue weighted by Crippen LogP contribution is 2.25. The molecule has 0 unspecified atom stereocenters. The molecule has 4 rings (SSSR count). The van der Waals surface area contributed by atoms with E-state index >= 15 is 0 Å². The van der Waals surface area contributed by atoms with Crippen molar-refractivity contribution in [3.05, 3.63) is 64.8 Å². The Kier molecular flexibility index (Phi) is 4.30. The average Bonchev–Trinajstić information content (AvgIpc) is 3.28. The van der Waals surface area contributed by atoms with Crippen LogP contribution in [0.25, 0.3) is 21.5 Å². The Bertz CT molecular complexity index is 1100. The van der Waals surface area contributed by atoms with E-state index in [1.165, 1.54) is 28.2 Å². The number of hydrogen-bond donors (Lipinski definition) is 1. The zero-order chi connectivity index (χ0) is 18.8. The molecule has 10 heteroatoms. The Hall–Kier alpha value is -3.66. The highest BCUT2D eigenvalue weighted by molar-refractivity contribution is 7.22. The molecule has 27 heavy (non-hydrogen) atoms. The number of hydrogen-bond acceptors (Lipinski definition) is 7. The topological polar surface area (TPSA) is 116 Å². The van der Waals surface area contributed by atoms with Crippen LogP contribution < -0.4 is 5.32 Å². The van der Waals surface area contributed by atoms with E-state index in [1.807, 2.05) is 24.3 Å². The summed E-state index contributed by atoms with van der Waals surface area (Å²) in [6.45, 7) is -0.0179. The van der Waals surface area contributed by atoms with Crippen molar-refractivity contribution in [1.29, 1.82) is 0 Å². The second-order valence-corrected chi connectivity index (χ2v) is 6.67. The van der Waals surface area contributed by atoms with Crippen molar-refractivity contribution in [2.45, 2.75) is 6.54 Å². The third-order valence-electron chi connectivity index (χ3n) is 3.76. The lowest BCUT2D eigenvalue weighted by molar-refractivity contribution is -0.384. The molecule has 2 aromatic heterocycles. The molecule has 0 radical (unpaired) electrons. The minimum atomic E-state index is -0.465. The highest BCUT2D eigenvalue weighted by Gasteiger charge is 2.11. The molecule has 0 bridgehead atoms. The summed E-state index contributed by atoms with van der Waals surface area (Å²) in [6, 6.07) is 13.6. The zero-order valence-corrected chi connectivity index (χ0v) is 14.6. The van der Waals surface area contributed by atoms with E-state index in [1.54, 1.807) is 18.3 Å². The molecule has 0 spiro atoms. The Balaban J connectivity index is 1.43. The van der Waals surface area contributed by atoms with Crippen LogP contribution >= 0.6 is 11.3 Å². The van der Waals surface area contributed by atoms with Crippen LogP contribution in [0.4, 0.5) is 10.8 Å². The first-order valence-corrected chi connectivity index (χ1v) is 8.70. The summed E-state index contributed by atoms with van der Waals surface area (Å²) in [5.41, 5.74) is 2.04. The second-order valence-electron chi connectivity index (χ2n) is 5.64. The van der Waals surface area contributed by atoms with E-state index in [2.05, 4.69) is 20.6 Å². The number of anilines is 1. The largest absolute Gasteiger partial charge is 0.300 e. The number of carbonyl (C=O) groups excluding carboxylic acids is 1. The number of nitro benzene ring substituents is 1. The van der Waals surface area contributed by atoms with Crippen molar-refractivity contribution in [3.8, 4) is 11.3 Å². The first-order valence-electron chi connectivity index (χ1n) is 7.89. The fourth-order valence-corrected chi connectivity index (χ4v) is 3.38. The molecule has 134 valence electrons. The summed E-state index contributed by atoms with van der Waals surface area (Å²) in [5, 5.41) is 21.9. The molecule has 9 nitrogen and oxygen atoms in total. The number of fused-ring (bicyclic) bond motifs is 1. The smallest absolute Gasteiger partial charge is 0.269 e. The minimum Gasteiger partial charge on any atom is -0.300 e. The number of rotatable bonds is 5. The van der Waals surface area contributed by atoms with E-state index in [-0.39, 0.29) is 18.1 Å². The van der Waals surface area contributed by atoms with Crippen molar-refractivity contribution < 1.29 is 9.72 Å². The van der Waals surface area contributed by atoms with Gasteiger partial charge in [-0.15, -0.1) is 5.10 Å². The number of nitro groups is 1. The van der Waals surface area contributed by atoms with Gasteiger partial charge in [0.2, 0.25) is 5.91 Å². The molecule has 0 saturated carbocycles. The Labute approximate surface area is 156 Å². The molecule has 2 heterocycles. The summed E-state index contributed by atoms with van der Waals surface area (Å²) in [5.74, 6) is -0.269. The maximum atomic E-state index is 12.2. The van der Waals surface area contributed by atoms with E-state index < -0.39 is 4.92 Å². The first kappa shape index (κ1) is 16.8. The third kappa shape index (κ3) is 3.65. The molecule has 0 atom stereocenters. The van der Waals surface area contributed by atoms with Gasteiger partial charge in [0, 0.05) is 17.7 Å². The number of nitrogens with one attached hydrogen (secondary N) is 1. The number of carbonyl (C=O) groups is 1. The summed E-state index contributed by atoms with van der Waals surface area (Å²) in [7, 11) is 0. The molecule has 0 fully saturated rings. The molecule has 4 aromatic rings. The number of benzene rings is 2. The van der Waals surface area contributed by atoms with Gasteiger partial charge in [-0.3, -0.25) is 14.9 Å². The fourth-order valence-electron chi connectivity index (χ4n) is 2.49. The Morgan fingerprint density at radius 2 is 1.96 bits per heavy atom. The quantitative estimate of drug-likeness (QED) is 0.420. The van der Waals surface area contributed by atoms with E-state index in [4.69, 9.17) is 0 Å². The average molecular weight is 380 g/mol. The number of para-hydroxylation sites is 1. The van der Waals surface area contributed by atoms with E-state index in [0.717, 1.165) is 10.2 Å². The van der Waals surface area contributed by atoms with Crippen molar-refractivity contribution >= 4 is 38.3 Å². The van der Waals surface area contributed by atoms with Crippen LogP contribution in [0.1, 0.15) is 0 Å². The van der Waals surface area contributed by atoms with Gasteiger partial charge in [-0.25, -0.2) is 9.67 Å². The molecule has 1 N–H and O–H groups in total. The first-order chi connectivity index (χ1) is 13.1. The summed E-state index contributed by atoms with van der Waals surface area (Å²) in [6.07, 6.45) is 1.61. The van der Waals surface area contributed by atoms with Crippen LogP contribution in [-0.4, -0.2) is 30.8 Å². The lowest BCUT2D eigenvalue weighted by atomic mass is 10.1. The van der Waals surface area contributed by atoms with Gasteiger partial charge in [0.05, 0.1) is 21.3 Å². The van der Waals surface area contributed by atoms with Gasteiger partial charge >= 0.3 is 0 Å². The number of non-ortho nitro benzene ring substituents is 1. The van der Waals surface area contributed by atoms with Crippen LogP contribution in [0.15, 0.2) is 54.7 Å². The number of nitrogens with zero attached hydrogens (tertiary/aromatic N) is 5. The van der Waals surface area contributed by atoms with Gasteiger partial charge in [0.1, 0.15) is 12.2 Å². The van der Waals surface area contributed by atoms with Crippen molar-refractivity contribution in [3.63, 3.8) is 0 Å². The van der Waals surface area contributed by atoms with Gasteiger partial charge in [0.25, 0.3) is 5.69 Å². The SMILES string of the molecule is O=C(Cn1cc(-c2ccc([N+](=O)[O-])cc2)nn1)Nc1nc2ccccc2s1. The van der Waals surface area contributed by atoms with Crippen LogP contribution in [-0.2, 0) is 11.3 Å². The van der Waals surface area contributed by atoms with Gasteiger partial charge in [-0.05, 0) is 24.3 Å². The summed E-state index contributed by atoms with van der Waals surface area (Å²) in [4.78, 5) is 26.8. The van der Waals surface area contributed by atoms with Crippen LogP contribution in [0, 0.1) is 10.1 Å². The van der Waals surface area contributed by atoms with E-state index in [9.17, 15) is 14.9 Å². The normalized spacial score (nSPS) is 10.8.